The molecule has 2 aliphatic rings. The third-order valence-corrected chi connectivity index (χ3v) is 15.5. The van der Waals surface area contributed by atoms with Gasteiger partial charge in [-0.15, -0.1) is 0 Å². The Bertz CT molecular complexity index is 3840. The molecule has 0 spiro atoms. The molecule has 0 saturated carbocycles. The molecule has 0 amide bonds. The summed E-state index contributed by atoms with van der Waals surface area (Å²) in [5.74, 6) is 0. The lowest BCUT2D eigenvalue weighted by Gasteiger charge is -2.32. The van der Waals surface area contributed by atoms with E-state index in [4.69, 9.17) is 8.83 Å². The molecule has 0 fully saturated rings. The van der Waals surface area contributed by atoms with Gasteiger partial charge in [0.25, 0.3) is 0 Å². The lowest BCUT2D eigenvalue weighted by Crippen LogP contribution is -2.17. The Morgan fingerprint density at radius 2 is 0.629 bits per heavy atom. The summed E-state index contributed by atoms with van der Waals surface area (Å²) in [6.45, 7) is 9.41. The predicted octanol–water partition coefficient (Wildman–Crippen LogP) is 18.7. The molecule has 12 aromatic rings. The summed E-state index contributed by atoms with van der Waals surface area (Å²) in [7, 11) is 0. The fraction of sp³-hybridized carbons (Fsp3) is 0.0909. The quantitative estimate of drug-likeness (QED) is 0.160. The number of hydrogen-bond acceptors (Lipinski definition) is 4. The van der Waals surface area contributed by atoms with Crippen molar-refractivity contribution in [3.8, 4) is 33.4 Å². The van der Waals surface area contributed by atoms with Crippen molar-refractivity contribution in [2.24, 2.45) is 0 Å². The van der Waals surface area contributed by atoms with Gasteiger partial charge in [0.2, 0.25) is 0 Å². The van der Waals surface area contributed by atoms with Gasteiger partial charge in [0.05, 0.1) is 22.7 Å². The third kappa shape index (κ3) is 5.77. The predicted molar refractivity (Wildman–Crippen MR) is 291 cm³/mol. The average molecular weight is 901 g/mol. The average Bonchev–Trinajstić information content (AvgIpc) is 4.10. The molecule has 334 valence electrons. The van der Waals surface area contributed by atoms with E-state index < -0.39 is 0 Å². The standard InChI is InChI=1S/C66H48N2O2/c1-65(2)53-27-11-5-19-43(53)45-37-35-41(39-55(45)65)67(59-31-17-25-51-49-23-9-15-33-61(49)69-63(51)59)57-29-13-7-21-47(57)48-22-8-14-30-58(48)68(60-32-18-26-52-50-24-10-16-34-62(50)70-64(52)60)42-36-38-46-44-20-6-12-28-54(44)66(3,4)56(46)40-42/h5-40H,1-4H3. The Hall–Kier alpha value is -8.60. The summed E-state index contributed by atoms with van der Waals surface area (Å²) in [6.07, 6.45) is 0. The normalized spacial score (nSPS) is 13.9. The minimum atomic E-state index is -0.199. The van der Waals surface area contributed by atoms with E-state index in [1.54, 1.807) is 0 Å². The number of rotatable bonds is 7. The second-order valence-electron chi connectivity index (χ2n) is 20.0. The molecule has 0 atom stereocenters. The largest absolute Gasteiger partial charge is 0.454 e. The third-order valence-electron chi connectivity index (χ3n) is 15.5. The molecule has 2 aliphatic carbocycles. The zero-order chi connectivity index (χ0) is 46.9. The highest BCUT2D eigenvalue weighted by Gasteiger charge is 2.38. The van der Waals surface area contributed by atoms with Crippen molar-refractivity contribution in [2.45, 2.75) is 38.5 Å². The smallest absolute Gasteiger partial charge is 0.159 e. The first kappa shape index (κ1) is 40.5. The van der Waals surface area contributed by atoms with Gasteiger partial charge in [-0.1, -0.05) is 185 Å². The van der Waals surface area contributed by atoms with E-state index in [2.05, 4.69) is 244 Å². The molecule has 2 aromatic heterocycles. The minimum absolute atomic E-state index is 0.199. The van der Waals surface area contributed by atoms with Crippen LogP contribution in [0.3, 0.4) is 0 Å². The van der Waals surface area contributed by atoms with Crippen molar-refractivity contribution in [1.29, 1.82) is 0 Å². The van der Waals surface area contributed by atoms with Gasteiger partial charge in [0.1, 0.15) is 11.2 Å². The van der Waals surface area contributed by atoms with Crippen molar-refractivity contribution in [3.05, 3.63) is 241 Å². The summed E-state index contributed by atoms with van der Waals surface area (Å²) >= 11 is 0. The molecule has 0 saturated heterocycles. The van der Waals surface area contributed by atoms with E-state index in [-0.39, 0.29) is 10.8 Å². The van der Waals surface area contributed by atoms with Crippen LogP contribution in [-0.2, 0) is 10.8 Å². The van der Waals surface area contributed by atoms with Crippen LogP contribution < -0.4 is 9.80 Å². The van der Waals surface area contributed by atoms with Crippen LogP contribution in [0.1, 0.15) is 49.9 Å². The monoisotopic (exact) mass is 900 g/mol. The number of benzene rings is 10. The van der Waals surface area contributed by atoms with Gasteiger partial charge in [-0.25, -0.2) is 0 Å². The van der Waals surface area contributed by atoms with Crippen LogP contribution in [0.15, 0.2) is 227 Å². The van der Waals surface area contributed by atoms with Gasteiger partial charge in [0.15, 0.2) is 11.2 Å². The van der Waals surface area contributed by atoms with E-state index >= 15 is 0 Å². The van der Waals surface area contributed by atoms with E-state index in [0.29, 0.717) is 0 Å². The molecular weight excluding hydrogens is 853 g/mol. The van der Waals surface area contributed by atoms with Gasteiger partial charge < -0.3 is 18.6 Å². The first-order chi connectivity index (χ1) is 34.3. The lowest BCUT2D eigenvalue weighted by atomic mass is 9.82. The van der Waals surface area contributed by atoms with E-state index in [1.807, 2.05) is 12.1 Å². The van der Waals surface area contributed by atoms with Gasteiger partial charge in [0, 0.05) is 54.9 Å². The molecule has 2 heterocycles. The van der Waals surface area contributed by atoms with Crippen LogP contribution in [0.25, 0.3) is 77.3 Å². The highest BCUT2D eigenvalue weighted by molar-refractivity contribution is 6.13. The van der Waals surface area contributed by atoms with Crippen molar-refractivity contribution in [2.75, 3.05) is 9.80 Å². The molecule has 0 unspecified atom stereocenters. The first-order valence-corrected chi connectivity index (χ1v) is 24.3. The Morgan fingerprint density at radius 1 is 0.286 bits per heavy atom. The van der Waals surface area contributed by atoms with E-state index in [1.165, 1.54) is 44.5 Å². The van der Waals surface area contributed by atoms with E-state index in [9.17, 15) is 0 Å². The Kier molecular flexibility index (Phi) is 8.64. The molecule has 70 heavy (non-hydrogen) atoms. The number of anilines is 6. The van der Waals surface area contributed by atoms with Crippen LogP contribution >= 0.6 is 0 Å². The lowest BCUT2D eigenvalue weighted by molar-refractivity contribution is 0.660. The van der Waals surface area contributed by atoms with E-state index in [0.717, 1.165) is 89.1 Å². The maximum absolute atomic E-state index is 6.90. The molecule has 0 radical (unpaired) electrons. The van der Waals surface area contributed by atoms with Gasteiger partial charge >= 0.3 is 0 Å². The molecule has 10 aromatic carbocycles. The van der Waals surface area contributed by atoms with Gasteiger partial charge in [-0.05, 0) is 105 Å². The highest BCUT2D eigenvalue weighted by Crippen LogP contribution is 2.55. The topological polar surface area (TPSA) is 32.8 Å². The van der Waals surface area contributed by atoms with Crippen LogP contribution in [0.2, 0.25) is 0 Å². The van der Waals surface area contributed by atoms with Crippen molar-refractivity contribution >= 4 is 78.0 Å². The number of nitrogens with zero attached hydrogens (tertiary/aromatic N) is 2. The Balaban J connectivity index is 1.02. The summed E-state index contributed by atoms with van der Waals surface area (Å²) in [4.78, 5) is 4.85. The maximum atomic E-state index is 6.90. The van der Waals surface area contributed by atoms with Crippen LogP contribution in [0.4, 0.5) is 34.1 Å². The fourth-order valence-corrected chi connectivity index (χ4v) is 12.1. The van der Waals surface area contributed by atoms with Crippen molar-refractivity contribution in [1.82, 2.24) is 0 Å². The number of para-hydroxylation sites is 6. The maximum Gasteiger partial charge on any atom is 0.159 e. The molecule has 0 N–H and O–H groups in total. The number of furan rings is 2. The highest BCUT2D eigenvalue weighted by atomic mass is 16.3. The summed E-state index contributed by atoms with van der Waals surface area (Å²) in [5, 5.41) is 4.35. The second kappa shape index (κ2) is 14.9. The molecular formula is C66H48N2O2. The van der Waals surface area contributed by atoms with Gasteiger partial charge in [-0.2, -0.15) is 0 Å². The molecule has 4 nitrogen and oxygen atoms in total. The Morgan fingerprint density at radius 3 is 1.09 bits per heavy atom. The first-order valence-electron chi connectivity index (χ1n) is 24.3. The zero-order valence-corrected chi connectivity index (χ0v) is 39.5. The minimum Gasteiger partial charge on any atom is -0.454 e. The van der Waals surface area contributed by atoms with Crippen LogP contribution in [0.5, 0.6) is 0 Å². The van der Waals surface area contributed by atoms with Crippen LogP contribution in [-0.4, -0.2) is 0 Å². The summed E-state index contributed by atoms with van der Waals surface area (Å²) < 4.78 is 13.8. The number of fused-ring (bicyclic) bond motifs is 12. The molecule has 4 heteroatoms. The summed E-state index contributed by atoms with van der Waals surface area (Å²) in [6, 6.07) is 79.3. The Labute approximate surface area is 407 Å². The molecule has 0 bridgehead atoms. The van der Waals surface area contributed by atoms with Crippen LogP contribution in [0, 0.1) is 0 Å². The zero-order valence-electron chi connectivity index (χ0n) is 39.5. The van der Waals surface area contributed by atoms with Crippen molar-refractivity contribution < 1.29 is 8.83 Å². The molecule has 14 rings (SSSR count). The summed E-state index contributed by atoms with van der Waals surface area (Å²) in [5.41, 5.74) is 21.7. The molecule has 0 aliphatic heterocycles. The van der Waals surface area contributed by atoms with Crippen molar-refractivity contribution in [3.63, 3.8) is 0 Å². The SMILES string of the molecule is CC1(C)c2ccccc2-c2ccc(N(c3ccccc3-c3ccccc3N(c3ccc4c(c3)C(C)(C)c3ccccc3-4)c3cccc4c3oc3ccccc34)c3cccc4c3oc3ccccc34)cc21. The van der Waals surface area contributed by atoms with Gasteiger partial charge in [-0.3, -0.25) is 0 Å². The second-order valence-corrected chi connectivity index (χ2v) is 20.0. The fourth-order valence-electron chi connectivity index (χ4n) is 12.1. The number of hydrogen-bond donors (Lipinski definition) is 0.